The SMILES string of the molecule is COc1ccc2cc1Oc1cc(ccc1O)CCC(=O)N[C@@H]1CN(C(=O)CCS(=O)(=O)c3ccccc3)C[C@@H]21. The van der Waals surface area contributed by atoms with Crippen LogP contribution in [-0.2, 0) is 25.8 Å². The fourth-order valence-corrected chi connectivity index (χ4v) is 6.32. The number of aromatic hydroxyl groups is 1. The molecule has 2 N–H and O–H groups in total. The molecule has 0 radical (unpaired) electrons. The molecular weight excluding hydrogens is 520 g/mol. The van der Waals surface area contributed by atoms with Gasteiger partial charge in [-0.2, -0.15) is 0 Å². The average molecular weight is 551 g/mol. The summed E-state index contributed by atoms with van der Waals surface area (Å²) in [6, 6.07) is 18.1. The third-order valence-electron chi connectivity index (χ3n) is 7.21. The van der Waals surface area contributed by atoms with Crippen LogP contribution in [0.4, 0.5) is 0 Å². The van der Waals surface area contributed by atoms with E-state index in [1.165, 1.54) is 25.3 Å². The quantitative estimate of drug-likeness (QED) is 0.499. The molecule has 1 saturated heterocycles. The third kappa shape index (κ3) is 5.85. The first-order valence-corrected chi connectivity index (χ1v) is 14.4. The number of phenolic OH excluding ortho intramolecular Hbond substituents is 1. The van der Waals surface area contributed by atoms with Crippen molar-refractivity contribution >= 4 is 21.7 Å². The van der Waals surface area contributed by atoms with Crippen LogP contribution in [0, 0.1) is 0 Å². The maximum atomic E-state index is 13.2. The van der Waals surface area contributed by atoms with Crippen molar-refractivity contribution in [2.75, 3.05) is 26.0 Å². The van der Waals surface area contributed by atoms with Crippen LogP contribution in [-0.4, -0.2) is 62.2 Å². The number of phenols is 1. The molecule has 1 fully saturated rings. The number of rotatable bonds is 5. The number of nitrogens with zero attached hydrogens (tertiary/aromatic N) is 1. The fourth-order valence-electron chi connectivity index (χ4n) is 5.07. The molecule has 9 nitrogen and oxygen atoms in total. The average Bonchev–Trinajstić information content (AvgIpc) is 3.36. The Morgan fingerprint density at radius 1 is 1.05 bits per heavy atom. The normalized spacial score (nSPS) is 19.0. The van der Waals surface area contributed by atoms with Gasteiger partial charge in [-0.1, -0.05) is 30.3 Å². The predicted octanol–water partition coefficient (Wildman–Crippen LogP) is 3.41. The number of benzene rings is 3. The Bertz CT molecular complexity index is 1490. The highest BCUT2D eigenvalue weighted by Gasteiger charge is 2.38. The smallest absolute Gasteiger partial charge is 0.223 e. The second-order valence-corrected chi connectivity index (χ2v) is 11.9. The Labute approximate surface area is 227 Å². The summed E-state index contributed by atoms with van der Waals surface area (Å²) in [6.07, 6.45) is 0.502. The summed E-state index contributed by atoms with van der Waals surface area (Å²) in [4.78, 5) is 27.9. The predicted molar refractivity (Wildman–Crippen MR) is 144 cm³/mol. The Kier molecular flexibility index (Phi) is 7.47. The number of carbonyl (C=O) groups excluding carboxylic acids is 2. The van der Waals surface area contributed by atoms with Gasteiger partial charge in [0.15, 0.2) is 32.8 Å². The summed E-state index contributed by atoms with van der Waals surface area (Å²) in [5.74, 6) is 0.0802. The molecule has 0 spiro atoms. The number of sulfone groups is 1. The molecule has 10 heteroatoms. The zero-order valence-electron chi connectivity index (χ0n) is 21.5. The van der Waals surface area contributed by atoms with E-state index in [-0.39, 0.29) is 65.3 Å². The summed E-state index contributed by atoms with van der Waals surface area (Å²) in [5, 5.41) is 13.5. The van der Waals surface area contributed by atoms with Crippen LogP contribution >= 0.6 is 0 Å². The summed E-state index contributed by atoms with van der Waals surface area (Å²) in [5.41, 5.74) is 1.64. The zero-order chi connectivity index (χ0) is 27.6. The van der Waals surface area contributed by atoms with Gasteiger partial charge < -0.3 is 24.8 Å². The Morgan fingerprint density at radius 2 is 1.85 bits per heavy atom. The van der Waals surface area contributed by atoms with Crippen LogP contribution in [0.3, 0.4) is 0 Å². The van der Waals surface area contributed by atoms with Gasteiger partial charge in [-0.3, -0.25) is 9.59 Å². The summed E-state index contributed by atoms with van der Waals surface area (Å²) in [7, 11) is -2.08. The van der Waals surface area contributed by atoms with Gasteiger partial charge in [0.05, 0.1) is 23.8 Å². The highest BCUT2D eigenvalue weighted by atomic mass is 32.2. The highest BCUT2D eigenvalue weighted by Crippen LogP contribution is 2.40. The van der Waals surface area contributed by atoms with Crippen LogP contribution in [0.15, 0.2) is 71.6 Å². The largest absolute Gasteiger partial charge is 0.504 e. The van der Waals surface area contributed by atoms with Crippen LogP contribution in [0.5, 0.6) is 23.0 Å². The maximum Gasteiger partial charge on any atom is 0.223 e. The molecule has 0 unspecified atom stereocenters. The number of aryl methyl sites for hydroxylation is 1. The molecule has 3 aromatic rings. The molecule has 2 heterocycles. The van der Waals surface area contributed by atoms with Crippen LogP contribution in [0.2, 0.25) is 0 Å². The number of methoxy groups -OCH3 is 1. The minimum Gasteiger partial charge on any atom is -0.504 e. The number of fused-ring (bicyclic) bond motifs is 6. The molecule has 5 rings (SSSR count). The second kappa shape index (κ2) is 11.0. The maximum absolute atomic E-state index is 13.2. The van der Waals surface area contributed by atoms with E-state index in [2.05, 4.69) is 5.32 Å². The lowest BCUT2D eigenvalue weighted by Gasteiger charge is -2.21. The van der Waals surface area contributed by atoms with Gasteiger partial charge in [0.1, 0.15) is 0 Å². The summed E-state index contributed by atoms with van der Waals surface area (Å²) in [6.45, 7) is 0.567. The van der Waals surface area contributed by atoms with Gasteiger partial charge in [-0.25, -0.2) is 8.42 Å². The number of ether oxygens (including phenoxy) is 2. The van der Waals surface area contributed by atoms with E-state index in [9.17, 15) is 23.1 Å². The van der Waals surface area contributed by atoms with E-state index < -0.39 is 9.84 Å². The molecule has 0 aromatic heterocycles. The first-order chi connectivity index (χ1) is 18.7. The molecule has 39 heavy (non-hydrogen) atoms. The lowest BCUT2D eigenvalue weighted by molar-refractivity contribution is -0.130. The lowest BCUT2D eigenvalue weighted by atomic mass is 9.93. The van der Waals surface area contributed by atoms with Crippen molar-refractivity contribution < 1.29 is 32.6 Å². The molecule has 0 aliphatic carbocycles. The van der Waals surface area contributed by atoms with E-state index >= 15 is 0 Å². The second-order valence-electron chi connectivity index (χ2n) is 9.78. The minimum absolute atomic E-state index is 0.0356. The first kappa shape index (κ1) is 26.6. The number of amides is 2. The van der Waals surface area contributed by atoms with Crippen molar-refractivity contribution in [3.63, 3.8) is 0 Å². The van der Waals surface area contributed by atoms with Crippen LogP contribution in [0.1, 0.15) is 29.9 Å². The van der Waals surface area contributed by atoms with Crippen molar-refractivity contribution in [1.82, 2.24) is 10.2 Å². The number of hydrogen-bond acceptors (Lipinski definition) is 7. The van der Waals surface area contributed by atoms with Crippen molar-refractivity contribution in [2.45, 2.75) is 36.1 Å². The monoisotopic (exact) mass is 550 g/mol. The Balaban J connectivity index is 1.40. The topological polar surface area (TPSA) is 122 Å². The van der Waals surface area contributed by atoms with Gasteiger partial charge in [0.25, 0.3) is 0 Å². The molecule has 2 aliphatic heterocycles. The number of carbonyl (C=O) groups is 2. The zero-order valence-corrected chi connectivity index (χ0v) is 22.3. The van der Waals surface area contributed by atoms with Crippen molar-refractivity contribution in [3.05, 3.63) is 77.9 Å². The van der Waals surface area contributed by atoms with Crippen molar-refractivity contribution in [2.24, 2.45) is 0 Å². The third-order valence-corrected chi connectivity index (χ3v) is 8.94. The van der Waals surface area contributed by atoms with E-state index in [1.54, 1.807) is 47.4 Å². The standard InChI is InChI=1S/C29H30N2O7S/c1-37-25-11-9-20-16-27(25)38-26-15-19(7-10-24(26)32)8-12-28(33)30-23-18-31(17-22(20)23)29(34)13-14-39(35,36)21-5-3-2-4-6-21/h2-7,9-11,15-16,22-23,32H,8,12-14,17-18H2,1H3,(H,30,33)/t22-,23+/m0/s1. The highest BCUT2D eigenvalue weighted by molar-refractivity contribution is 7.91. The number of nitrogens with one attached hydrogen (secondary N) is 1. The van der Waals surface area contributed by atoms with Gasteiger partial charge in [0.2, 0.25) is 11.8 Å². The first-order valence-electron chi connectivity index (χ1n) is 12.8. The van der Waals surface area contributed by atoms with Crippen molar-refractivity contribution in [1.29, 1.82) is 0 Å². The molecular formula is C29H30N2O7S. The number of hydrogen-bond donors (Lipinski definition) is 2. The Morgan fingerprint density at radius 3 is 2.62 bits per heavy atom. The van der Waals surface area contributed by atoms with Gasteiger partial charge in [-0.15, -0.1) is 0 Å². The van der Waals surface area contributed by atoms with Gasteiger partial charge in [0, 0.05) is 31.8 Å². The van der Waals surface area contributed by atoms with E-state index in [0.29, 0.717) is 24.5 Å². The number of likely N-dealkylation sites (tertiary alicyclic amines) is 1. The van der Waals surface area contributed by atoms with Crippen LogP contribution in [0.25, 0.3) is 0 Å². The Hall–Kier alpha value is -4.05. The molecule has 4 bridgehead atoms. The van der Waals surface area contributed by atoms with E-state index in [1.807, 2.05) is 6.07 Å². The van der Waals surface area contributed by atoms with Crippen molar-refractivity contribution in [3.8, 4) is 23.0 Å². The molecule has 2 atom stereocenters. The fraction of sp³-hybridized carbons (Fsp3) is 0.310. The molecule has 3 aromatic carbocycles. The minimum atomic E-state index is -3.60. The molecule has 0 saturated carbocycles. The van der Waals surface area contributed by atoms with Gasteiger partial charge in [-0.05, 0) is 53.9 Å². The van der Waals surface area contributed by atoms with Crippen LogP contribution < -0.4 is 14.8 Å². The summed E-state index contributed by atoms with van der Waals surface area (Å²) < 4.78 is 37.0. The molecule has 2 aliphatic rings. The lowest BCUT2D eigenvalue weighted by Crippen LogP contribution is -2.40. The van der Waals surface area contributed by atoms with E-state index in [4.69, 9.17) is 9.47 Å². The molecule has 2 amide bonds. The van der Waals surface area contributed by atoms with E-state index in [0.717, 1.165) is 11.1 Å². The van der Waals surface area contributed by atoms with Gasteiger partial charge >= 0.3 is 0 Å². The summed E-state index contributed by atoms with van der Waals surface area (Å²) >= 11 is 0. The molecule has 204 valence electrons.